The number of aryl methyl sites for hydroxylation is 1. The highest BCUT2D eigenvalue weighted by molar-refractivity contribution is 6.24. The number of rotatable bonds is 13. The molecule has 6 rings (SSSR count). The molecule has 0 aliphatic rings. The molecule has 2 aromatic heterocycles. The van der Waals surface area contributed by atoms with Crippen LogP contribution in [0.1, 0.15) is 89.7 Å². The molecule has 0 radical (unpaired) electrons. The summed E-state index contributed by atoms with van der Waals surface area (Å²) in [4.78, 5) is 0. The average molecular weight is 505 g/mol. The molecular weight excluding hydrogens is 464 g/mol. The molecule has 0 N–H and O–H groups in total. The molecule has 2 nitrogen and oxygen atoms in total. The molecule has 2 heterocycles. The van der Waals surface area contributed by atoms with Gasteiger partial charge in [0.2, 0.25) is 0 Å². The Balaban J connectivity index is 1.10. The number of hydrogen-bond acceptors (Lipinski definition) is 2. The Morgan fingerprint density at radius 3 is 1.53 bits per heavy atom. The van der Waals surface area contributed by atoms with Gasteiger partial charge in [-0.1, -0.05) is 114 Å². The maximum Gasteiger partial charge on any atom is 0.134 e. The van der Waals surface area contributed by atoms with Gasteiger partial charge < -0.3 is 8.83 Å². The van der Waals surface area contributed by atoms with Crippen molar-refractivity contribution in [2.24, 2.45) is 0 Å². The molecule has 0 spiro atoms. The van der Waals surface area contributed by atoms with Gasteiger partial charge in [0.1, 0.15) is 16.9 Å². The van der Waals surface area contributed by atoms with Gasteiger partial charge >= 0.3 is 0 Å². The highest BCUT2D eigenvalue weighted by atomic mass is 16.3. The van der Waals surface area contributed by atoms with Crippen LogP contribution in [0.3, 0.4) is 0 Å². The lowest BCUT2D eigenvalue weighted by Crippen LogP contribution is -1.85. The SMILES string of the molecule is CCCCCCCCCCCCCCc1cc2c(ccc3c2ccc2c4ccc5occc5c4ccc32)o1. The second kappa shape index (κ2) is 11.6. The monoisotopic (exact) mass is 504 g/mol. The van der Waals surface area contributed by atoms with Crippen LogP contribution in [0.4, 0.5) is 0 Å². The van der Waals surface area contributed by atoms with Gasteiger partial charge in [-0.3, -0.25) is 0 Å². The molecule has 0 aliphatic carbocycles. The van der Waals surface area contributed by atoms with E-state index >= 15 is 0 Å². The summed E-state index contributed by atoms with van der Waals surface area (Å²) in [7, 11) is 0. The molecular formula is C36H40O2. The molecule has 38 heavy (non-hydrogen) atoms. The van der Waals surface area contributed by atoms with E-state index in [-0.39, 0.29) is 0 Å². The van der Waals surface area contributed by atoms with E-state index in [4.69, 9.17) is 8.83 Å². The van der Waals surface area contributed by atoms with Crippen LogP contribution in [0, 0.1) is 0 Å². The number of unbranched alkanes of at least 4 members (excludes halogenated alkanes) is 11. The predicted molar refractivity (Wildman–Crippen MR) is 163 cm³/mol. The average Bonchev–Trinajstić information content (AvgIpc) is 3.60. The second-order valence-electron chi connectivity index (χ2n) is 11.1. The highest BCUT2D eigenvalue weighted by Crippen LogP contribution is 2.37. The lowest BCUT2D eigenvalue weighted by atomic mass is 9.95. The van der Waals surface area contributed by atoms with Crippen molar-refractivity contribution < 1.29 is 8.83 Å². The van der Waals surface area contributed by atoms with Crippen LogP contribution in [0.2, 0.25) is 0 Å². The lowest BCUT2D eigenvalue weighted by molar-refractivity contribution is 0.514. The van der Waals surface area contributed by atoms with E-state index in [2.05, 4.69) is 67.6 Å². The first-order valence-corrected chi connectivity index (χ1v) is 15.0. The van der Waals surface area contributed by atoms with E-state index < -0.39 is 0 Å². The smallest absolute Gasteiger partial charge is 0.134 e. The number of furan rings is 2. The van der Waals surface area contributed by atoms with Crippen molar-refractivity contribution in [3.8, 4) is 0 Å². The minimum absolute atomic E-state index is 0.943. The number of benzene rings is 4. The first kappa shape index (κ1) is 25.0. The molecule has 2 heteroatoms. The van der Waals surface area contributed by atoms with Crippen LogP contribution in [0.15, 0.2) is 75.8 Å². The zero-order valence-corrected chi connectivity index (χ0v) is 22.9. The molecule has 0 aliphatic heterocycles. The van der Waals surface area contributed by atoms with Gasteiger partial charge in [-0.2, -0.15) is 0 Å². The van der Waals surface area contributed by atoms with Crippen LogP contribution in [-0.4, -0.2) is 0 Å². The normalized spacial score (nSPS) is 12.1. The maximum atomic E-state index is 6.29. The molecule has 0 fully saturated rings. The van der Waals surface area contributed by atoms with E-state index in [1.807, 2.05) is 0 Å². The minimum atomic E-state index is 0.943. The van der Waals surface area contributed by atoms with Crippen molar-refractivity contribution in [3.63, 3.8) is 0 Å². The van der Waals surface area contributed by atoms with E-state index in [0.29, 0.717) is 0 Å². The zero-order chi connectivity index (χ0) is 25.7. The molecule has 6 aromatic rings. The van der Waals surface area contributed by atoms with Crippen molar-refractivity contribution in [1.82, 2.24) is 0 Å². The van der Waals surface area contributed by atoms with Crippen molar-refractivity contribution in [1.29, 1.82) is 0 Å². The summed E-state index contributed by atoms with van der Waals surface area (Å²) in [6.45, 7) is 2.29. The Kier molecular flexibility index (Phi) is 7.67. The summed E-state index contributed by atoms with van der Waals surface area (Å²) in [6.07, 6.45) is 19.4. The summed E-state index contributed by atoms with van der Waals surface area (Å²) in [5, 5.41) is 10.1. The summed E-state index contributed by atoms with van der Waals surface area (Å²) < 4.78 is 11.9. The van der Waals surface area contributed by atoms with E-state index in [0.717, 1.165) is 23.3 Å². The quantitative estimate of drug-likeness (QED) is 0.115. The Hall–Kier alpha value is -3.26. The lowest BCUT2D eigenvalue weighted by Gasteiger charge is -2.08. The maximum absolute atomic E-state index is 6.29. The fourth-order valence-electron chi connectivity index (χ4n) is 6.33. The summed E-state index contributed by atoms with van der Waals surface area (Å²) in [5.74, 6) is 1.13. The zero-order valence-electron chi connectivity index (χ0n) is 22.9. The third-order valence-corrected chi connectivity index (χ3v) is 8.45. The van der Waals surface area contributed by atoms with Gasteiger partial charge in [-0.05, 0) is 63.0 Å². The summed E-state index contributed by atoms with van der Waals surface area (Å²) in [5.41, 5.74) is 1.95. The van der Waals surface area contributed by atoms with Gasteiger partial charge in [-0.15, -0.1) is 0 Å². The van der Waals surface area contributed by atoms with Gasteiger partial charge in [0.15, 0.2) is 0 Å². The van der Waals surface area contributed by atoms with Crippen molar-refractivity contribution in [3.05, 3.63) is 72.7 Å². The first-order valence-electron chi connectivity index (χ1n) is 15.0. The third-order valence-electron chi connectivity index (χ3n) is 8.45. The van der Waals surface area contributed by atoms with Gasteiger partial charge in [0, 0.05) is 17.2 Å². The first-order chi connectivity index (χ1) is 18.8. The van der Waals surface area contributed by atoms with Crippen molar-refractivity contribution in [2.45, 2.75) is 90.4 Å². The molecule has 0 saturated carbocycles. The third kappa shape index (κ3) is 5.06. The highest BCUT2D eigenvalue weighted by Gasteiger charge is 2.12. The summed E-state index contributed by atoms with van der Waals surface area (Å²) in [6, 6.07) is 22.1. The van der Waals surface area contributed by atoms with E-state index in [9.17, 15) is 0 Å². The van der Waals surface area contributed by atoms with Crippen LogP contribution in [-0.2, 0) is 6.42 Å². The van der Waals surface area contributed by atoms with Crippen LogP contribution in [0.25, 0.3) is 54.3 Å². The molecule has 0 atom stereocenters. The summed E-state index contributed by atoms with van der Waals surface area (Å²) >= 11 is 0. The predicted octanol–water partition coefficient (Wildman–Crippen LogP) is 11.9. The molecule has 0 amide bonds. The van der Waals surface area contributed by atoms with Crippen molar-refractivity contribution >= 4 is 54.3 Å². The van der Waals surface area contributed by atoms with Gasteiger partial charge in [0.25, 0.3) is 0 Å². The number of hydrogen-bond donors (Lipinski definition) is 0. The molecule has 196 valence electrons. The fraction of sp³-hybridized carbons (Fsp3) is 0.389. The van der Waals surface area contributed by atoms with Crippen LogP contribution >= 0.6 is 0 Å². The Bertz CT molecular complexity index is 1670. The minimum Gasteiger partial charge on any atom is -0.464 e. The fourth-order valence-corrected chi connectivity index (χ4v) is 6.33. The van der Waals surface area contributed by atoms with E-state index in [1.165, 1.54) is 120 Å². The molecule has 4 aromatic carbocycles. The van der Waals surface area contributed by atoms with E-state index in [1.54, 1.807) is 6.26 Å². The van der Waals surface area contributed by atoms with Crippen molar-refractivity contribution in [2.75, 3.05) is 0 Å². The topological polar surface area (TPSA) is 26.3 Å². The van der Waals surface area contributed by atoms with Gasteiger partial charge in [-0.25, -0.2) is 0 Å². The Morgan fingerprint density at radius 2 is 0.921 bits per heavy atom. The van der Waals surface area contributed by atoms with Gasteiger partial charge in [0.05, 0.1) is 6.26 Å². The Morgan fingerprint density at radius 1 is 0.447 bits per heavy atom. The Labute approximate surface area is 226 Å². The van der Waals surface area contributed by atoms with Crippen LogP contribution < -0.4 is 0 Å². The molecule has 0 saturated heterocycles. The number of fused-ring (bicyclic) bond motifs is 9. The molecule has 0 bridgehead atoms. The molecule has 0 unspecified atom stereocenters. The second-order valence-corrected chi connectivity index (χ2v) is 11.1. The largest absolute Gasteiger partial charge is 0.464 e. The standard InChI is InChI=1S/C36H40O2/c1-2-3-4-5-6-7-8-9-10-11-12-13-14-26-25-34-32-18-16-27-28(30(32)20-22-36(34)38-26)15-17-31-29(27)19-21-35-33(31)23-24-37-35/h15-25H,2-14H2,1H3. The van der Waals surface area contributed by atoms with Crippen LogP contribution in [0.5, 0.6) is 0 Å².